The Hall–Kier alpha value is -4.44. The third-order valence-corrected chi connectivity index (χ3v) is 7.20. The number of hydrogen-bond donors (Lipinski definition) is 2. The molecule has 2 heterocycles. The highest BCUT2D eigenvalue weighted by molar-refractivity contribution is 7.98. The minimum absolute atomic E-state index is 0.289. The van der Waals surface area contributed by atoms with Crippen LogP contribution in [0, 0.1) is 12.7 Å². The first-order valence-corrected chi connectivity index (χ1v) is 13.2. The number of esters is 1. The van der Waals surface area contributed by atoms with E-state index in [1.54, 1.807) is 47.1 Å². The molecule has 0 bridgehead atoms. The molecule has 0 saturated carbocycles. The van der Waals surface area contributed by atoms with E-state index >= 15 is 0 Å². The number of nitrogens with one attached hydrogen (secondary N) is 2. The summed E-state index contributed by atoms with van der Waals surface area (Å²) in [6.45, 7) is 3.77. The Morgan fingerprint density at radius 2 is 1.85 bits per heavy atom. The average molecular weight is 544 g/mol. The fraction of sp³-hybridized carbons (Fsp3) is 0.172. The fourth-order valence-corrected chi connectivity index (χ4v) is 5.21. The van der Waals surface area contributed by atoms with Gasteiger partial charge in [-0.2, -0.15) is 4.98 Å². The molecule has 0 aliphatic carbocycles. The molecule has 8 nitrogen and oxygen atoms in total. The smallest absolute Gasteiger partial charge is 0.337 e. The van der Waals surface area contributed by atoms with E-state index in [0.717, 1.165) is 11.1 Å². The number of allylic oxidation sites excluding steroid dienone is 1. The van der Waals surface area contributed by atoms with Gasteiger partial charge in [-0.15, -0.1) is 5.10 Å². The number of fused-ring (bicyclic) bond motifs is 1. The fourth-order valence-electron chi connectivity index (χ4n) is 4.39. The maximum Gasteiger partial charge on any atom is 0.337 e. The van der Waals surface area contributed by atoms with Crippen molar-refractivity contribution in [3.05, 3.63) is 112 Å². The van der Waals surface area contributed by atoms with Crippen LogP contribution in [0.2, 0.25) is 0 Å². The van der Waals surface area contributed by atoms with Crippen LogP contribution in [-0.4, -0.2) is 33.8 Å². The summed E-state index contributed by atoms with van der Waals surface area (Å²) in [5.41, 5.74) is 4.43. The molecule has 0 spiro atoms. The van der Waals surface area contributed by atoms with E-state index in [4.69, 9.17) is 9.84 Å². The van der Waals surface area contributed by atoms with Crippen LogP contribution in [0.15, 0.2) is 89.2 Å². The number of rotatable bonds is 7. The second-order valence-corrected chi connectivity index (χ2v) is 9.99. The number of carbonyl (C=O) groups excluding carboxylic acids is 2. The van der Waals surface area contributed by atoms with Crippen LogP contribution in [-0.2, 0) is 15.3 Å². The average Bonchev–Trinajstić information content (AvgIpc) is 3.33. The zero-order valence-corrected chi connectivity index (χ0v) is 22.4. The Bertz CT molecular complexity index is 1580. The summed E-state index contributed by atoms with van der Waals surface area (Å²) in [5, 5.41) is 11.3. The molecule has 10 heteroatoms. The molecule has 0 fully saturated rings. The van der Waals surface area contributed by atoms with Crippen molar-refractivity contribution in [1.29, 1.82) is 0 Å². The van der Waals surface area contributed by atoms with Crippen molar-refractivity contribution in [2.45, 2.75) is 30.8 Å². The lowest BCUT2D eigenvalue weighted by atomic mass is 9.94. The number of aromatic nitrogens is 3. The number of anilines is 2. The van der Waals surface area contributed by atoms with Crippen LogP contribution >= 0.6 is 11.8 Å². The number of thioether (sulfide) groups is 1. The van der Waals surface area contributed by atoms with Crippen molar-refractivity contribution < 1.29 is 18.7 Å². The van der Waals surface area contributed by atoms with Crippen molar-refractivity contribution in [2.24, 2.45) is 0 Å². The summed E-state index contributed by atoms with van der Waals surface area (Å²) in [7, 11) is 1.32. The van der Waals surface area contributed by atoms with Crippen LogP contribution in [0.1, 0.15) is 40.0 Å². The first-order chi connectivity index (χ1) is 18.8. The molecule has 0 saturated heterocycles. The molecule has 3 aromatic carbocycles. The molecule has 1 amide bonds. The summed E-state index contributed by atoms with van der Waals surface area (Å²) < 4.78 is 20.6. The molecule has 39 heavy (non-hydrogen) atoms. The highest BCUT2D eigenvalue weighted by Gasteiger charge is 2.34. The maximum atomic E-state index is 14.2. The van der Waals surface area contributed by atoms with E-state index in [1.807, 2.05) is 38.1 Å². The molecule has 5 rings (SSSR count). The van der Waals surface area contributed by atoms with Gasteiger partial charge >= 0.3 is 5.97 Å². The van der Waals surface area contributed by atoms with Crippen molar-refractivity contribution in [3.8, 4) is 0 Å². The Labute approximate surface area is 229 Å². The largest absolute Gasteiger partial charge is 0.465 e. The van der Waals surface area contributed by atoms with E-state index in [9.17, 15) is 14.0 Å². The quantitative estimate of drug-likeness (QED) is 0.227. The van der Waals surface area contributed by atoms with Gasteiger partial charge in [-0.25, -0.2) is 13.9 Å². The number of aryl methyl sites for hydroxylation is 1. The SMILES string of the molecule is COC(=O)c1ccc(C2C(C(=O)Nc3cccc(C)c3)=C(C)Nc3nc(SCc4ccccc4F)nn32)cc1. The second-order valence-electron chi connectivity index (χ2n) is 9.05. The predicted octanol–water partition coefficient (Wildman–Crippen LogP) is 5.73. The van der Waals surface area contributed by atoms with E-state index in [-0.39, 0.29) is 11.7 Å². The summed E-state index contributed by atoms with van der Waals surface area (Å²) in [5.74, 6) is -0.235. The van der Waals surface area contributed by atoms with Gasteiger partial charge in [0.1, 0.15) is 11.9 Å². The van der Waals surface area contributed by atoms with Gasteiger partial charge in [0.15, 0.2) is 0 Å². The Balaban J connectivity index is 1.51. The number of hydrogen-bond acceptors (Lipinski definition) is 7. The highest BCUT2D eigenvalue weighted by atomic mass is 32.2. The first kappa shape index (κ1) is 26.2. The molecule has 198 valence electrons. The molecule has 1 aliphatic rings. The van der Waals surface area contributed by atoms with Crippen LogP contribution in [0.3, 0.4) is 0 Å². The molecule has 1 unspecified atom stereocenters. The van der Waals surface area contributed by atoms with E-state index in [0.29, 0.717) is 44.9 Å². The van der Waals surface area contributed by atoms with Crippen LogP contribution in [0.4, 0.5) is 16.0 Å². The summed E-state index contributed by atoms with van der Waals surface area (Å²) in [4.78, 5) is 30.3. The maximum absolute atomic E-state index is 14.2. The Morgan fingerprint density at radius 1 is 1.08 bits per heavy atom. The topological polar surface area (TPSA) is 98.1 Å². The van der Waals surface area contributed by atoms with Gasteiger partial charge in [0.2, 0.25) is 11.1 Å². The Kier molecular flexibility index (Phi) is 7.47. The minimum atomic E-state index is -0.631. The van der Waals surface area contributed by atoms with Crippen LogP contribution in [0.5, 0.6) is 0 Å². The summed E-state index contributed by atoms with van der Waals surface area (Å²) in [6.07, 6.45) is 0. The van der Waals surface area contributed by atoms with E-state index in [1.165, 1.54) is 24.9 Å². The number of halogens is 1. The van der Waals surface area contributed by atoms with Gasteiger partial charge in [0.05, 0.1) is 18.2 Å². The Morgan fingerprint density at radius 3 is 2.56 bits per heavy atom. The third-order valence-electron chi connectivity index (χ3n) is 6.32. The van der Waals surface area contributed by atoms with E-state index < -0.39 is 12.0 Å². The zero-order chi connectivity index (χ0) is 27.5. The molecule has 2 N–H and O–H groups in total. The molecule has 0 radical (unpaired) electrons. The van der Waals surface area contributed by atoms with Crippen molar-refractivity contribution >= 4 is 35.3 Å². The van der Waals surface area contributed by atoms with Crippen molar-refractivity contribution in [1.82, 2.24) is 14.8 Å². The van der Waals surface area contributed by atoms with Gasteiger partial charge in [0.25, 0.3) is 5.91 Å². The lowest BCUT2D eigenvalue weighted by Gasteiger charge is -2.28. The molecule has 1 atom stereocenters. The molecular weight excluding hydrogens is 517 g/mol. The van der Waals surface area contributed by atoms with Crippen LogP contribution < -0.4 is 10.6 Å². The summed E-state index contributed by atoms with van der Waals surface area (Å²) >= 11 is 1.30. The van der Waals surface area contributed by atoms with Gasteiger partial charge < -0.3 is 15.4 Å². The van der Waals surface area contributed by atoms with E-state index in [2.05, 4.69) is 15.6 Å². The number of amides is 1. The molecule has 4 aromatic rings. The standard InChI is InChI=1S/C29H26FN5O3S/c1-17-7-6-9-22(15-17)32-26(36)24-18(2)31-28-33-29(39-16-21-8-4-5-10-23(21)30)34-35(28)25(24)19-11-13-20(14-12-19)27(37)38-3/h4-15,25H,16H2,1-3H3,(H,32,36)(H,31,33,34). The van der Waals surface area contributed by atoms with Gasteiger partial charge in [-0.05, 0) is 60.9 Å². The van der Waals surface area contributed by atoms with Crippen molar-refractivity contribution in [3.63, 3.8) is 0 Å². The first-order valence-electron chi connectivity index (χ1n) is 12.2. The second kappa shape index (κ2) is 11.1. The number of carbonyl (C=O) groups is 2. The van der Waals surface area contributed by atoms with Gasteiger partial charge in [-0.3, -0.25) is 4.79 Å². The van der Waals surface area contributed by atoms with Gasteiger partial charge in [0, 0.05) is 17.1 Å². The zero-order valence-electron chi connectivity index (χ0n) is 21.6. The lowest BCUT2D eigenvalue weighted by molar-refractivity contribution is -0.113. The number of nitrogens with zero attached hydrogens (tertiary/aromatic N) is 3. The third kappa shape index (κ3) is 5.56. The number of methoxy groups -OCH3 is 1. The lowest BCUT2D eigenvalue weighted by Crippen LogP contribution is -2.31. The highest BCUT2D eigenvalue weighted by Crippen LogP contribution is 2.37. The molecule has 1 aliphatic heterocycles. The molecule has 1 aromatic heterocycles. The normalized spacial score (nSPS) is 14.4. The van der Waals surface area contributed by atoms with Gasteiger partial charge in [-0.1, -0.05) is 54.2 Å². The summed E-state index contributed by atoms with van der Waals surface area (Å²) in [6, 6.07) is 20.3. The monoisotopic (exact) mass is 543 g/mol. The molecular formula is C29H26FN5O3S. The van der Waals surface area contributed by atoms with Crippen molar-refractivity contribution in [2.75, 3.05) is 17.7 Å². The number of benzene rings is 3. The minimum Gasteiger partial charge on any atom is -0.465 e. The predicted molar refractivity (Wildman–Crippen MR) is 148 cm³/mol. The number of ether oxygens (including phenoxy) is 1. The van der Waals surface area contributed by atoms with Crippen LogP contribution in [0.25, 0.3) is 0 Å².